The largest absolute Gasteiger partial charge is 0.453 e. The highest BCUT2D eigenvalue weighted by Gasteiger charge is 2.42. The summed E-state index contributed by atoms with van der Waals surface area (Å²) in [6.45, 7) is 1.01. The number of carbonyl (C=O) groups is 1. The van der Waals surface area contributed by atoms with Gasteiger partial charge in [0.2, 0.25) is 0 Å². The topological polar surface area (TPSA) is 43.6 Å². The standard InChI is InChI=1S/C19H11F9N2O2/c1-9(11-4-2-3-5-12(11)18(23,24)25)32-16(31)14-15(19(26,27)28)29-13-8-10(17(20,21)22)6-7-30(13)14/h2-9H,1H3. The summed E-state index contributed by atoms with van der Waals surface area (Å²) in [5, 5.41) is 0. The SMILES string of the molecule is CC(OC(=O)c1c(C(F)(F)F)nc2cc(C(F)(F)F)ccn12)c1ccccc1C(F)(F)F. The number of benzene rings is 1. The van der Waals surface area contributed by atoms with E-state index < -0.39 is 64.3 Å². The zero-order valence-electron chi connectivity index (χ0n) is 15.7. The van der Waals surface area contributed by atoms with Crippen LogP contribution < -0.4 is 0 Å². The molecule has 0 radical (unpaired) electrons. The number of halogens is 9. The summed E-state index contributed by atoms with van der Waals surface area (Å²) in [5.41, 5.74) is -6.94. The number of rotatable bonds is 3. The van der Waals surface area contributed by atoms with Crippen molar-refractivity contribution in [1.82, 2.24) is 9.38 Å². The molecule has 0 fully saturated rings. The molecule has 1 unspecified atom stereocenters. The van der Waals surface area contributed by atoms with Crippen LogP contribution in [0, 0.1) is 0 Å². The fourth-order valence-electron chi connectivity index (χ4n) is 3.00. The van der Waals surface area contributed by atoms with E-state index in [4.69, 9.17) is 4.74 Å². The lowest BCUT2D eigenvalue weighted by atomic mass is 10.0. The number of esters is 1. The average molecular weight is 470 g/mol. The molecule has 1 atom stereocenters. The maximum Gasteiger partial charge on any atom is 0.435 e. The Labute approximate surface area is 173 Å². The second kappa shape index (κ2) is 7.71. The van der Waals surface area contributed by atoms with E-state index in [-0.39, 0.29) is 0 Å². The van der Waals surface area contributed by atoms with Gasteiger partial charge in [-0.3, -0.25) is 4.40 Å². The van der Waals surface area contributed by atoms with Crippen molar-refractivity contribution >= 4 is 11.6 Å². The normalized spacial score (nSPS) is 13.9. The Morgan fingerprint density at radius 2 is 1.56 bits per heavy atom. The van der Waals surface area contributed by atoms with Crippen LogP contribution in [0.4, 0.5) is 39.5 Å². The Balaban J connectivity index is 2.06. The molecule has 3 rings (SSSR count). The molecule has 172 valence electrons. The lowest BCUT2D eigenvalue weighted by molar-refractivity contribution is -0.141. The molecule has 0 aliphatic carbocycles. The lowest BCUT2D eigenvalue weighted by Gasteiger charge is -2.19. The summed E-state index contributed by atoms with van der Waals surface area (Å²) >= 11 is 0. The predicted molar refractivity (Wildman–Crippen MR) is 90.5 cm³/mol. The monoisotopic (exact) mass is 470 g/mol. The smallest absolute Gasteiger partial charge is 0.435 e. The maximum absolute atomic E-state index is 13.4. The van der Waals surface area contributed by atoms with Gasteiger partial charge in [-0.05, 0) is 25.1 Å². The third-order valence-corrected chi connectivity index (χ3v) is 4.40. The number of hydrogen-bond acceptors (Lipinski definition) is 3. The highest BCUT2D eigenvalue weighted by molar-refractivity contribution is 5.90. The average Bonchev–Trinajstić information content (AvgIpc) is 3.06. The quantitative estimate of drug-likeness (QED) is 0.333. The minimum atomic E-state index is -5.26. The molecule has 13 heteroatoms. The van der Waals surface area contributed by atoms with Crippen molar-refractivity contribution < 1.29 is 49.0 Å². The van der Waals surface area contributed by atoms with Crippen LogP contribution in [0.25, 0.3) is 5.65 Å². The van der Waals surface area contributed by atoms with E-state index in [1.165, 1.54) is 6.07 Å². The summed E-state index contributed by atoms with van der Waals surface area (Å²) in [6, 6.07) is 4.69. The van der Waals surface area contributed by atoms with Crippen molar-refractivity contribution in [3.63, 3.8) is 0 Å². The number of ether oxygens (including phenoxy) is 1. The number of imidazole rings is 1. The first kappa shape index (κ1) is 23.4. The van der Waals surface area contributed by atoms with Crippen LogP contribution in [0.2, 0.25) is 0 Å². The van der Waals surface area contributed by atoms with E-state index in [0.29, 0.717) is 28.8 Å². The van der Waals surface area contributed by atoms with Crippen molar-refractivity contribution in [2.75, 3.05) is 0 Å². The first-order valence-electron chi connectivity index (χ1n) is 8.64. The number of nitrogens with zero attached hydrogens (tertiary/aromatic N) is 2. The molecule has 0 bridgehead atoms. The first-order chi connectivity index (χ1) is 14.6. The number of fused-ring (bicyclic) bond motifs is 1. The summed E-state index contributed by atoms with van der Waals surface area (Å²) in [5.74, 6) is -1.71. The second-order valence-corrected chi connectivity index (χ2v) is 6.58. The van der Waals surface area contributed by atoms with E-state index in [0.717, 1.165) is 19.1 Å². The molecule has 0 aliphatic rings. The third kappa shape index (κ3) is 4.50. The Kier molecular flexibility index (Phi) is 5.64. The van der Waals surface area contributed by atoms with Gasteiger partial charge >= 0.3 is 24.5 Å². The molecule has 0 saturated heterocycles. The van der Waals surface area contributed by atoms with Gasteiger partial charge < -0.3 is 4.74 Å². The first-order valence-corrected chi connectivity index (χ1v) is 8.64. The highest BCUT2D eigenvalue weighted by atomic mass is 19.4. The lowest BCUT2D eigenvalue weighted by Crippen LogP contribution is -2.19. The van der Waals surface area contributed by atoms with Gasteiger partial charge in [-0.1, -0.05) is 18.2 Å². The molecule has 0 spiro atoms. The minimum absolute atomic E-state index is 0.300. The molecule has 0 aliphatic heterocycles. The van der Waals surface area contributed by atoms with Crippen LogP contribution in [0.5, 0.6) is 0 Å². The van der Waals surface area contributed by atoms with E-state index in [2.05, 4.69) is 4.98 Å². The van der Waals surface area contributed by atoms with Gasteiger partial charge in [0.15, 0.2) is 11.4 Å². The zero-order valence-corrected chi connectivity index (χ0v) is 15.7. The van der Waals surface area contributed by atoms with Crippen LogP contribution in [-0.4, -0.2) is 15.4 Å². The molecule has 0 N–H and O–H groups in total. The van der Waals surface area contributed by atoms with Crippen molar-refractivity contribution in [3.05, 3.63) is 70.7 Å². The molecule has 0 amide bonds. The highest BCUT2D eigenvalue weighted by Crippen LogP contribution is 2.38. The molecule has 4 nitrogen and oxygen atoms in total. The third-order valence-electron chi connectivity index (χ3n) is 4.40. The number of aromatic nitrogens is 2. The molecule has 2 heterocycles. The summed E-state index contributed by atoms with van der Waals surface area (Å²) < 4.78 is 124. The fourth-order valence-corrected chi connectivity index (χ4v) is 3.00. The molecule has 3 aromatic rings. The van der Waals surface area contributed by atoms with Crippen molar-refractivity contribution in [2.45, 2.75) is 31.6 Å². The Bertz CT molecular complexity index is 1160. The van der Waals surface area contributed by atoms with Gasteiger partial charge in [0.25, 0.3) is 0 Å². The number of pyridine rings is 1. The molecule has 2 aromatic heterocycles. The predicted octanol–water partition coefficient (Wildman–Crippen LogP) is 6.31. The van der Waals surface area contributed by atoms with Crippen molar-refractivity contribution in [1.29, 1.82) is 0 Å². The molecule has 32 heavy (non-hydrogen) atoms. The van der Waals surface area contributed by atoms with Gasteiger partial charge in [-0.15, -0.1) is 0 Å². The molecule has 0 saturated carbocycles. The van der Waals surface area contributed by atoms with Crippen LogP contribution in [-0.2, 0) is 23.3 Å². The summed E-state index contributed by atoms with van der Waals surface area (Å²) in [7, 11) is 0. The molecule has 1 aromatic carbocycles. The Morgan fingerprint density at radius 1 is 0.938 bits per heavy atom. The van der Waals surface area contributed by atoms with E-state index >= 15 is 0 Å². The number of carbonyl (C=O) groups excluding carboxylic acids is 1. The van der Waals surface area contributed by atoms with Gasteiger partial charge in [0.05, 0.1) is 11.1 Å². The minimum Gasteiger partial charge on any atom is -0.453 e. The Hall–Kier alpha value is -3.25. The van der Waals surface area contributed by atoms with E-state index in [9.17, 15) is 44.3 Å². The van der Waals surface area contributed by atoms with Gasteiger partial charge in [-0.2, -0.15) is 39.5 Å². The number of hydrogen-bond donors (Lipinski definition) is 0. The van der Waals surface area contributed by atoms with E-state index in [1.54, 1.807) is 0 Å². The second-order valence-electron chi connectivity index (χ2n) is 6.58. The molecular formula is C19H11F9N2O2. The van der Waals surface area contributed by atoms with Crippen LogP contribution in [0.3, 0.4) is 0 Å². The maximum atomic E-state index is 13.4. The van der Waals surface area contributed by atoms with Crippen molar-refractivity contribution in [2.24, 2.45) is 0 Å². The van der Waals surface area contributed by atoms with Gasteiger partial charge in [0.1, 0.15) is 11.8 Å². The van der Waals surface area contributed by atoms with Crippen LogP contribution in [0.15, 0.2) is 42.6 Å². The zero-order chi connectivity index (χ0) is 24.1. The van der Waals surface area contributed by atoms with Crippen LogP contribution >= 0.6 is 0 Å². The number of alkyl halides is 9. The van der Waals surface area contributed by atoms with Gasteiger partial charge in [0, 0.05) is 11.8 Å². The van der Waals surface area contributed by atoms with Crippen LogP contribution in [0.1, 0.15) is 45.9 Å². The van der Waals surface area contributed by atoms with Crippen molar-refractivity contribution in [3.8, 4) is 0 Å². The Morgan fingerprint density at radius 3 is 2.12 bits per heavy atom. The fraction of sp³-hybridized carbons (Fsp3) is 0.263. The summed E-state index contributed by atoms with van der Waals surface area (Å²) in [6.07, 6.45) is -16.1. The van der Waals surface area contributed by atoms with E-state index in [1.807, 2.05) is 0 Å². The van der Waals surface area contributed by atoms with Gasteiger partial charge in [-0.25, -0.2) is 9.78 Å². The summed E-state index contributed by atoms with van der Waals surface area (Å²) in [4.78, 5) is 15.6. The molecular weight excluding hydrogens is 459 g/mol.